The number of guanidine groups is 1. The van der Waals surface area contributed by atoms with Crippen molar-refractivity contribution >= 4 is 32.0 Å². The van der Waals surface area contributed by atoms with Crippen molar-refractivity contribution in [1.82, 2.24) is 4.90 Å². The molecule has 3 N–H and O–H groups in total. The number of carbonyl (C=O) groups is 3. The van der Waals surface area contributed by atoms with Crippen LogP contribution in [0.25, 0.3) is 0 Å². The molecule has 15 heteroatoms. The van der Waals surface area contributed by atoms with E-state index in [1.807, 2.05) is 0 Å². The van der Waals surface area contributed by atoms with E-state index in [0.29, 0.717) is 0 Å². The van der Waals surface area contributed by atoms with Gasteiger partial charge in [-0.05, 0) is 20.8 Å². The van der Waals surface area contributed by atoms with Crippen LogP contribution in [0, 0.1) is 0 Å². The average Bonchev–Trinajstić information content (AvgIpc) is 2.68. The zero-order chi connectivity index (χ0) is 23.2. The number of hydrogen-bond acceptors (Lipinski definition) is 10. The number of ether oxygens (including phenoxy) is 4. The average molecular weight is 457 g/mol. The first-order valence-electron chi connectivity index (χ1n) is 8.85. The molecule has 0 aromatic heterocycles. The highest BCUT2D eigenvalue weighted by atomic mass is 31.2. The second-order valence-corrected chi connectivity index (χ2v) is 6.93. The smallest absolute Gasteiger partial charge is 0.480 e. The van der Waals surface area contributed by atoms with Gasteiger partial charge >= 0.3 is 26.0 Å². The lowest BCUT2D eigenvalue weighted by Gasteiger charge is -2.23. The fourth-order valence-electron chi connectivity index (χ4n) is 1.53. The summed E-state index contributed by atoms with van der Waals surface area (Å²) in [5, 5.41) is 9.03. The maximum Gasteiger partial charge on any atom is 0.508 e. The molecule has 0 spiro atoms. The Kier molecular flexibility index (Phi) is 13.2. The molecule has 0 saturated carbocycles. The highest BCUT2D eigenvalue weighted by Crippen LogP contribution is 2.49. The first-order chi connectivity index (χ1) is 14.1. The van der Waals surface area contributed by atoms with Gasteiger partial charge < -0.3 is 34.7 Å². The maximum atomic E-state index is 12.8. The van der Waals surface area contributed by atoms with Gasteiger partial charge in [-0.25, -0.2) is 18.9 Å². The second-order valence-electron chi connectivity index (χ2n) is 5.28. The Morgan fingerprint density at radius 2 is 1.40 bits per heavy atom. The van der Waals surface area contributed by atoms with Crippen LogP contribution in [0.2, 0.25) is 0 Å². The Labute approximate surface area is 173 Å². The summed E-state index contributed by atoms with van der Waals surface area (Å²) in [6, 6.07) is -1.08. The molecule has 0 radical (unpaired) electrons. The molecular weight excluding hydrogens is 429 g/mol. The molecular formula is C15H28N3O11P. The summed E-state index contributed by atoms with van der Waals surface area (Å²) >= 11 is 0. The molecule has 0 aromatic rings. The largest absolute Gasteiger partial charge is 0.508 e. The first-order valence-corrected chi connectivity index (χ1v) is 10.3. The molecule has 174 valence electrons. The molecule has 0 fully saturated rings. The normalized spacial score (nSPS) is 12.6. The molecule has 14 nitrogen and oxygen atoms in total. The monoisotopic (exact) mass is 457 g/mol. The van der Waals surface area contributed by atoms with Gasteiger partial charge in [0.05, 0.1) is 26.4 Å². The van der Waals surface area contributed by atoms with Crippen LogP contribution in [-0.2, 0) is 37.4 Å². The lowest BCUT2D eigenvalue weighted by molar-refractivity contribution is -0.140. The van der Waals surface area contributed by atoms with Crippen molar-refractivity contribution in [3.05, 3.63) is 0 Å². The Bertz CT molecular complexity index is 613. The Morgan fingerprint density at radius 3 is 1.77 bits per heavy atom. The molecule has 1 unspecified atom stereocenters. The molecule has 0 aliphatic rings. The standard InChI is InChI=1S/C15H28N3O11P/c1-5-24-14(21)26-7-9-28-30(23,29-10-8-27-15(22)25-6-2)17-13(16)18(4)11(3)12(19)20/h11H,5-10H2,1-4H3,(H,19,20)(H2,16,17,23). The highest BCUT2D eigenvalue weighted by Gasteiger charge is 2.28. The van der Waals surface area contributed by atoms with Crippen LogP contribution in [0.1, 0.15) is 20.8 Å². The number of carbonyl (C=O) groups excluding carboxylic acids is 2. The SMILES string of the molecule is CCOC(=O)OCCOP(=O)(N=C(N)N(C)C(C)C(=O)O)OCCOC(=O)OCC. The van der Waals surface area contributed by atoms with E-state index in [1.165, 1.54) is 14.0 Å². The van der Waals surface area contributed by atoms with Crippen LogP contribution >= 0.6 is 7.75 Å². The predicted octanol–water partition coefficient (Wildman–Crippen LogP) is 1.19. The molecule has 0 rings (SSSR count). The van der Waals surface area contributed by atoms with E-state index < -0.39 is 51.2 Å². The molecule has 1 atom stereocenters. The molecule has 0 amide bonds. The summed E-state index contributed by atoms with van der Waals surface area (Å²) in [7, 11) is -2.97. The summed E-state index contributed by atoms with van der Waals surface area (Å²) in [6.07, 6.45) is -1.89. The Hall–Kier alpha value is -2.57. The van der Waals surface area contributed by atoms with E-state index in [0.717, 1.165) is 4.90 Å². The zero-order valence-corrected chi connectivity index (χ0v) is 18.2. The summed E-state index contributed by atoms with van der Waals surface area (Å²) in [5.74, 6) is -1.64. The van der Waals surface area contributed by atoms with Crippen molar-refractivity contribution in [2.45, 2.75) is 26.8 Å². The lowest BCUT2D eigenvalue weighted by atomic mass is 10.3. The number of carboxylic acid groups (broad SMARTS) is 1. The van der Waals surface area contributed by atoms with Gasteiger partial charge in [0.2, 0.25) is 5.96 Å². The van der Waals surface area contributed by atoms with E-state index in [1.54, 1.807) is 13.8 Å². The van der Waals surface area contributed by atoms with Crippen LogP contribution < -0.4 is 5.73 Å². The van der Waals surface area contributed by atoms with E-state index >= 15 is 0 Å². The van der Waals surface area contributed by atoms with Crippen molar-refractivity contribution < 1.29 is 52.1 Å². The van der Waals surface area contributed by atoms with Gasteiger partial charge in [0.1, 0.15) is 19.3 Å². The van der Waals surface area contributed by atoms with Gasteiger partial charge in [0, 0.05) is 7.05 Å². The number of nitrogens with zero attached hydrogens (tertiary/aromatic N) is 2. The predicted molar refractivity (Wildman–Crippen MR) is 102 cm³/mol. The van der Waals surface area contributed by atoms with Crippen molar-refractivity contribution in [3.63, 3.8) is 0 Å². The molecule has 0 aliphatic heterocycles. The Morgan fingerprint density at radius 1 is 0.967 bits per heavy atom. The van der Waals surface area contributed by atoms with Crippen LogP contribution in [-0.4, -0.2) is 87.0 Å². The third-order valence-corrected chi connectivity index (χ3v) is 4.63. The van der Waals surface area contributed by atoms with E-state index in [9.17, 15) is 18.9 Å². The number of carboxylic acids is 1. The van der Waals surface area contributed by atoms with Crippen molar-refractivity contribution in [1.29, 1.82) is 0 Å². The first kappa shape index (κ1) is 27.4. The molecule has 0 heterocycles. The van der Waals surface area contributed by atoms with Crippen molar-refractivity contribution in [2.24, 2.45) is 10.5 Å². The van der Waals surface area contributed by atoms with E-state index in [2.05, 4.69) is 23.7 Å². The summed E-state index contributed by atoms with van der Waals surface area (Å²) in [6.45, 7) is 3.26. The fraction of sp³-hybridized carbons (Fsp3) is 0.733. The minimum Gasteiger partial charge on any atom is -0.480 e. The third kappa shape index (κ3) is 11.4. The molecule has 30 heavy (non-hydrogen) atoms. The quantitative estimate of drug-likeness (QED) is 0.132. The van der Waals surface area contributed by atoms with Crippen LogP contribution in [0.4, 0.5) is 9.59 Å². The third-order valence-electron chi connectivity index (χ3n) is 3.16. The summed E-state index contributed by atoms with van der Waals surface area (Å²) < 4.78 is 45.0. The topological polar surface area (TPSA) is 186 Å². The number of nitrogens with two attached hydrogens (primary N) is 1. The molecule has 0 bridgehead atoms. The minimum atomic E-state index is -4.29. The number of aliphatic carboxylic acids is 1. The summed E-state index contributed by atoms with van der Waals surface area (Å²) in [5.41, 5.74) is 5.70. The van der Waals surface area contributed by atoms with Crippen LogP contribution in [0.15, 0.2) is 4.76 Å². The van der Waals surface area contributed by atoms with Crippen molar-refractivity contribution in [3.8, 4) is 0 Å². The fourth-order valence-corrected chi connectivity index (χ4v) is 2.72. The second kappa shape index (κ2) is 14.4. The number of likely N-dealkylation sites (N-methyl/N-ethyl adjacent to an activating group) is 1. The van der Waals surface area contributed by atoms with Crippen molar-refractivity contribution in [2.75, 3.05) is 46.7 Å². The van der Waals surface area contributed by atoms with Crippen LogP contribution in [0.3, 0.4) is 0 Å². The zero-order valence-electron chi connectivity index (χ0n) is 17.3. The summed E-state index contributed by atoms with van der Waals surface area (Å²) in [4.78, 5) is 34.4. The van der Waals surface area contributed by atoms with Crippen LogP contribution in [0.5, 0.6) is 0 Å². The number of rotatable bonds is 13. The van der Waals surface area contributed by atoms with Gasteiger partial charge in [-0.15, -0.1) is 4.76 Å². The van der Waals surface area contributed by atoms with Gasteiger partial charge in [-0.1, -0.05) is 0 Å². The van der Waals surface area contributed by atoms with Gasteiger partial charge in [-0.3, -0.25) is 9.05 Å². The number of hydrogen-bond donors (Lipinski definition) is 2. The molecule has 0 saturated heterocycles. The molecule has 0 aliphatic carbocycles. The van der Waals surface area contributed by atoms with Gasteiger partial charge in [0.15, 0.2) is 0 Å². The maximum absolute atomic E-state index is 12.8. The minimum absolute atomic E-state index is 0.108. The van der Waals surface area contributed by atoms with E-state index in [-0.39, 0.29) is 26.4 Å². The van der Waals surface area contributed by atoms with Gasteiger partial charge in [-0.2, -0.15) is 0 Å². The lowest BCUT2D eigenvalue weighted by Crippen LogP contribution is -2.44. The Balaban J connectivity index is 5.02. The van der Waals surface area contributed by atoms with E-state index in [4.69, 9.17) is 19.9 Å². The van der Waals surface area contributed by atoms with Gasteiger partial charge in [0.25, 0.3) is 0 Å². The highest BCUT2D eigenvalue weighted by molar-refractivity contribution is 7.52. The molecule has 0 aromatic carbocycles.